The summed E-state index contributed by atoms with van der Waals surface area (Å²) in [6.45, 7) is 4.57. The van der Waals surface area contributed by atoms with Gasteiger partial charge in [0.15, 0.2) is 0 Å². The summed E-state index contributed by atoms with van der Waals surface area (Å²) in [6, 6.07) is 1.89. The van der Waals surface area contributed by atoms with Crippen LogP contribution in [0.2, 0.25) is 0 Å². The van der Waals surface area contributed by atoms with E-state index in [1.807, 2.05) is 6.07 Å². The van der Waals surface area contributed by atoms with Gasteiger partial charge in [0.2, 0.25) is 0 Å². The zero-order valence-electron chi connectivity index (χ0n) is 10.8. The van der Waals surface area contributed by atoms with Crippen LogP contribution in [0.5, 0.6) is 0 Å². The largest absolute Gasteiger partial charge is 0.481 e. The molecule has 1 fully saturated rings. The molecule has 1 aliphatic carbocycles. The fourth-order valence-corrected chi connectivity index (χ4v) is 2.11. The second-order valence-electron chi connectivity index (χ2n) is 5.28. The molecule has 1 saturated carbocycles. The molecule has 0 amide bonds. The number of anilines is 1. The molecule has 1 aliphatic rings. The fourth-order valence-electron chi connectivity index (χ4n) is 2.11. The summed E-state index contributed by atoms with van der Waals surface area (Å²) in [5.74, 6) is 0.339. The van der Waals surface area contributed by atoms with Crippen LogP contribution >= 0.6 is 0 Å². The van der Waals surface area contributed by atoms with E-state index in [0.717, 1.165) is 25.0 Å². The van der Waals surface area contributed by atoms with Gasteiger partial charge in [0, 0.05) is 18.3 Å². The van der Waals surface area contributed by atoms with Gasteiger partial charge in [0.1, 0.15) is 12.1 Å². The van der Waals surface area contributed by atoms with Crippen molar-refractivity contribution in [3.63, 3.8) is 0 Å². The van der Waals surface area contributed by atoms with Crippen molar-refractivity contribution in [3.8, 4) is 0 Å². The van der Waals surface area contributed by atoms with Gasteiger partial charge in [-0.2, -0.15) is 0 Å². The Bertz CT molecular complexity index is 442. The van der Waals surface area contributed by atoms with Crippen LogP contribution < -0.4 is 5.32 Å². The summed E-state index contributed by atoms with van der Waals surface area (Å²) in [4.78, 5) is 19.5. The van der Waals surface area contributed by atoms with E-state index < -0.39 is 11.4 Å². The van der Waals surface area contributed by atoms with Crippen LogP contribution in [0, 0.1) is 5.41 Å². The third kappa shape index (κ3) is 2.44. The quantitative estimate of drug-likeness (QED) is 0.837. The van der Waals surface area contributed by atoms with Gasteiger partial charge in [-0.25, -0.2) is 9.97 Å². The fraction of sp³-hybridized carbons (Fsp3) is 0.615. The molecule has 0 bridgehead atoms. The average molecular weight is 249 g/mol. The first kappa shape index (κ1) is 12.8. The second-order valence-corrected chi connectivity index (χ2v) is 5.28. The van der Waals surface area contributed by atoms with Gasteiger partial charge in [-0.15, -0.1) is 0 Å². The SMILES string of the molecule is CC(C)c1cc(NCC2(C(=O)O)CCC2)ncn1. The predicted octanol–water partition coefficient (Wildman–Crippen LogP) is 2.27. The molecule has 1 heterocycles. The molecule has 0 unspecified atom stereocenters. The molecule has 18 heavy (non-hydrogen) atoms. The normalized spacial score (nSPS) is 17.3. The highest BCUT2D eigenvalue weighted by Gasteiger charge is 2.44. The van der Waals surface area contributed by atoms with Crippen molar-refractivity contribution in [2.24, 2.45) is 5.41 Å². The van der Waals surface area contributed by atoms with E-state index in [2.05, 4.69) is 29.1 Å². The van der Waals surface area contributed by atoms with Crippen LogP contribution in [0.1, 0.15) is 44.7 Å². The molecule has 1 aromatic heterocycles. The number of rotatable bonds is 5. The van der Waals surface area contributed by atoms with Crippen LogP contribution in [-0.2, 0) is 4.79 Å². The highest BCUT2D eigenvalue weighted by Crippen LogP contribution is 2.41. The van der Waals surface area contributed by atoms with Gasteiger partial charge in [-0.3, -0.25) is 4.79 Å². The topological polar surface area (TPSA) is 75.1 Å². The van der Waals surface area contributed by atoms with Gasteiger partial charge >= 0.3 is 5.97 Å². The molecule has 0 aromatic carbocycles. The zero-order valence-corrected chi connectivity index (χ0v) is 10.8. The minimum absolute atomic E-state index is 0.339. The van der Waals surface area contributed by atoms with E-state index in [1.165, 1.54) is 6.33 Å². The Morgan fingerprint density at radius 3 is 2.72 bits per heavy atom. The minimum Gasteiger partial charge on any atom is -0.481 e. The lowest BCUT2D eigenvalue weighted by molar-refractivity contribution is -0.153. The molecule has 98 valence electrons. The first-order valence-corrected chi connectivity index (χ1v) is 6.33. The average Bonchev–Trinajstić information content (AvgIpc) is 2.27. The summed E-state index contributed by atoms with van der Waals surface area (Å²) in [5, 5.41) is 12.4. The third-order valence-corrected chi connectivity index (χ3v) is 3.65. The van der Waals surface area contributed by atoms with Gasteiger partial charge in [-0.1, -0.05) is 20.3 Å². The monoisotopic (exact) mass is 249 g/mol. The Morgan fingerprint density at radius 1 is 1.50 bits per heavy atom. The molecular formula is C13H19N3O2. The van der Waals surface area contributed by atoms with Crippen LogP contribution in [0.4, 0.5) is 5.82 Å². The van der Waals surface area contributed by atoms with Crippen molar-refractivity contribution in [1.29, 1.82) is 0 Å². The van der Waals surface area contributed by atoms with Gasteiger partial charge in [0.25, 0.3) is 0 Å². The van der Waals surface area contributed by atoms with E-state index in [0.29, 0.717) is 18.3 Å². The third-order valence-electron chi connectivity index (χ3n) is 3.65. The van der Waals surface area contributed by atoms with E-state index in [9.17, 15) is 9.90 Å². The number of carboxylic acid groups (broad SMARTS) is 1. The summed E-state index contributed by atoms with van der Waals surface area (Å²) < 4.78 is 0. The molecule has 0 saturated heterocycles. The summed E-state index contributed by atoms with van der Waals surface area (Å²) in [5.41, 5.74) is 0.369. The van der Waals surface area contributed by atoms with E-state index in [4.69, 9.17) is 0 Å². The predicted molar refractivity (Wildman–Crippen MR) is 68.5 cm³/mol. The molecule has 0 atom stereocenters. The number of hydrogen-bond acceptors (Lipinski definition) is 4. The highest BCUT2D eigenvalue weighted by atomic mass is 16.4. The standard InChI is InChI=1S/C13H19N3O2/c1-9(2)10-6-11(16-8-15-10)14-7-13(12(17)18)4-3-5-13/h6,8-9H,3-5,7H2,1-2H3,(H,17,18)(H,14,15,16). The van der Waals surface area contributed by atoms with Crippen LogP contribution in [0.3, 0.4) is 0 Å². The molecule has 2 rings (SSSR count). The maximum Gasteiger partial charge on any atom is 0.311 e. The van der Waals surface area contributed by atoms with E-state index in [1.54, 1.807) is 0 Å². The Labute approximate surface area is 107 Å². The van der Waals surface area contributed by atoms with Crippen molar-refractivity contribution in [3.05, 3.63) is 18.1 Å². The first-order chi connectivity index (χ1) is 8.53. The van der Waals surface area contributed by atoms with Gasteiger partial charge in [-0.05, 0) is 18.8 Å². The molecule has 5 heteroatoms. The van der Waals surface area contributed by atoms with Crippen molar-refractivity contribution in [1.82, 2.24) is 9.97 Å². The highest BCUT2D eigenvalue weighted by molar-refractivity contribution is 5.76. The van der Waals surface area contributed by atoms with Crippen molar-refractivity contribution in [2.45, 2.75) is 39.0 Å². The van der Waals surface area contributed by atoms with E-state index >= 15 is 0 Å². The Kier molecular flexibility index (Phi) is 3.50. The Balaban J connectivity index is 2.02. The number of hydrogen-bond donors (Lipinski definition) is 2. The number of nitrogens with zero attached hydrogens (tertiary/aromatic N) is 2. The maximum absolute atomic E-state index is 11.2. The number of carboxylic acids is 1. The molecule has 0 radical (unpaired) electrons. The van der Waals surface area contributed by atoms with Crippen molar-refractivity contribution < 1.29 is 9.90 Å². The van der Waals surface area contributed by atoms with Gasteiger partial charge < -0.3 is 10.4 Å². The summed E-state index contributed by atoms with van der Waals surface area (Å²) >= 11 is 0. The minimum atomic E-state index is -0.709. The first-order valence-electron chi connectivity index (χ1n) is 6.33. The Hall–Kier alpha value is -1.65. The number of aromatic nitrogens is 2. The van der Waals surface area contributed by atoms with Gasteiger partial charge in [0.05, 0.1) is 5.41 Å². The van der Waals surface area contributed by atoms with Crippen LogP contribution in [0.15, 0.2) is 12.4 Å². The lowest BCUT2D eigenvalue weighted by atomic mass is 9.69. The lowest BCUT2D eigenvalue weighted by Gasteiger charge is -2.37. The molecule has 1 aromatic rings. The number of carbonyl (C=O) groups is 1. The zero-order chi connectivity index (χ0) is 13.2. The summed E-state index contributed by atoms with van der Waals surface area (Å²) in [7, 11) is 0. The van der Waals surface area contributed by atoms with E-state index in [-0.39, 0.29) is 0 Å². The lowest BCUT2D eigenvalue weighted by Crippen LogP contribution is -2.43. The van der Waals surface area contributed by atoms with Crippen LogP contribution in [-0.4, -0.2) is 27.6 Å². The maximum atomic E-state index is 11.2. The van der Waals surface area contributed by atoms with Crippen molar-refractivity contribution in [2.75, 3.05) is 11.9 Å². The second kappa shape index (κ2) is 4.92. The molecule has 0 aliphatic heterocycles. The summed E-state index contributed by atoms with van der Waals surface area (Å²) in [6.07, 6.45) is 4.01. The molecule has 5 nitrogen and oxygen atoms in total. The Morgan fingerprint density at radius 2 is 2.22 bits per heavy atom. The van der Waals surface area contributed by atoms with Crippen LogP contribution in [0.25, 0.3) is 0 Å². The molecule has 2 N–H and O–H groups in total. The number of nitrogens with one attached hydrogen (secondary N) is 1. The van der Waals surface area contributed by atoms with Crippen molar-refractivity contribution >= 4 is 11.8 Å². The number of aliphatic carboxylic acids is 1. The smallest absolute Gasteiger partial charge is 0.311 e. The molecular weight excluding hydrogens is 230 g/mol. The molecule has 0 spiro atoms.